The summed E-state index contributed by atoms with van der Waals surface area (Å²) in [5.74, 6) is 0.647. The molecule has 1 aliphatic carbocycles. The van der Waals surface area contributed by atoms with E-state index >= 15 is 0 Å². The maximum atomic E-state index is 11.7. The van der Waals surface area contributed by atoms with Crippen LogP contribution in [0.3, 0.4) is 0 Å². The topological polar surface area (TPSA) is 46.5 Å². The summed E-state index contributed by atoms with van der Waals surface area (Å²) >= 11 is 0. The standard InChI is InChI=1S/C14H26O3/c1-6-10(15)7-11-9(2)13(16)12(17-5)8-14(11,3)4/h9,11-13,16H,6-8H2,1-5H3. The summed E-state index contributed by atoms with van der Waals surface area (Å²) in [7, 11) is 1.65. The summed E-state index contributed by atoms with van der Waals surface area (Å²) in [4.78, 5) is 11.7. The zero-order valence-corrected chi connectivity index (χ0v) is 11.7. The van der Waals surface area contributed by atoms with Gasteiger partial charge in [0, 0.05) is 20.0 Å². The van der Waals surface area contributed by atoms with Gasteiger partial charge in [-0.25, -0.2) is 0 Å². The molecular weight excluding hydrogens is 216 g/mol. The smallest absolute Gasteiger partial charge is 0.132 e. The number of hydrogen-bond donors (Lipinski definition) is 1. The van der Waals surface area contributed by atoms with E-state index in [0.29, 0.717) is 12.8 Å². The van der Waals surface area contributed by atoms with Gasteiger partial charge in [-0.2, -0.15) is 0 Å². The molecule has 0 saturated heterocycles. The fraction of sp³-hybridized carbons (Fsp3) is 0.929. The van der Waals surface area contributed by atoms with Gasteiger partial charge in [0.15, 0.2) is 0 Å². The molecule has 0 aromatic heterocycles. The molecule has 4 atom stereocenters. The van der Waals surface area contributed by atoms with Gasteiger partial charge in [0.2, 0.25) is 0 Å². The Morgan fingerprint density at radius 3 is 2.53 bits per heavy atom. The molecule has 0 aromatic rings. The van der Waals surface area contributed by atoms with Crippen LogP contribution in [0.4, 0.5) is 0 Å². The Morgan fingerprint density at radius 2 is 2.06 bits per heavy atom. The molecule has 3 nitrogen and oxygen atoms in total. The molecule has 1 N–H and O–H groups in total. The molecule has 0 aromatic carbocycles. The summed E-state index contributed by atoms with van der Waals surface area (Å²) in [6, 6.07) is 0. The number of Topliss-reactive ketones (excluding diaryl/α,β-unsaturated/α-hetero) is 1. The van der Waals surface area contributed by atoms with Crippen molar-refractivity contribution in [2.24, 2.45) is 17.3 Å². The Morgan fingerprint density at radius 1 is 1.47 bits per heavy atom. The zero-order valence-electron chi connectivity index (χ0n) is 11.7. The first kappa shape index (κ1) is 14.7. The molecular formula is C14H26O3. The van der Waals surface area contributed by atoms with Crippen LogP contribution in [-0.4, -0.2) is 30.2 Å². The number of hydrogen-bond acceptors (Lipinski definition) is 3. The fourth-order valence-electron chi connectivity index (χ4n) is 3.15. The summed E-state index contributed by atoms with van der Waals surface area (Å²) in [6.07, 6.45) is 1.42. The molecule has 0 heterocycles. The molecule has 0 bridgehead atoms. The highest BCUT2D eigenvalue weighted by Gasteiger charge is 2.46. The lowest BCUT2D eigenvalue weighted by Crippen LogP contribution is -2.50. The van der Waals surface area contributed by atoms with E-state index in [4.69, 9.17) is 4.74 Å². The number of ether oxygens (including phenoxy) is 1. The number of rotatable bonds is 4. The minimum absolute atomic E-state index is 0.0458. The number of aliphatic hydroxyl groups is 1. The first-order chi connectivity index (χ1) is 7.83. The number of carbonyl (C=O) groups is 1. The monoisotopic (exact) mass is 242 g/mol. The van der Waals surface area contributed by atoms with Crippen LogP contribution in [0.1, 0.15) is 47.0 Å². The van der Waals surface area contributed by atoms with Crippen molar-refractivity contribution in [1.82, 2.24) is 0 Å². The third-order valence-corrected chi connectivity index (χ3v) is 4.43. The minimum Gasteiger partial charge on any atom is -0.390 e. The summed E-state index contributed by atoms with van der Waals surface area (Å²) < 4.78 is 5.35. The van der Waals surface area contributed by atoms with E-state index in [1.165, 1.54) is 0 Å². The Kier molecular flexibility index (Phi) is 4.73. The molecule has 17 heavy (non-hydrogen) atoms. The Balaban J connectivity index is 2.84. The van der Waals surface area contributed by atoms with Crippen molar-refractivity contribution < 1.29 is 14.6 Å². The SMILES string of the molecule is CCC(=O)CC1C(C)C(O)C(OC)CC1(C)C. The van der Waals surface area contributed by atoms with E-state index in [-0.39, 0.29) is 29.1 Å². The van der Waals surface area contributed by atoms with Gasteiger partial charge in [-0.1, -0.05) is 27.7 Å². The van der Waals surface area contributed by atoms with Crippen LogP contribution in [0.2, 0.25) is 0 Å². The summed E-state index contributed by atoms with van der Waals surface area (Å²) in [6.45, 7) is 8.28. The lowest BCUT2D eigenvalue weighted by Gasteiger charge is -2.48. The van der Waals surface area contributed by atoms with Crippen molar-refractivity contribution in [2.75, 3.05) is 7.11 Å². The molecule has 100 valence electrons. The average Bonchev–Trinajstić information content (AvgIpc) is 2.29. The van der Waals surface area contributed by atoms with Gasteiger partial charge in [-0.15, -0.1) is 0 Å². The lowest BCUT2D eigenvalue weighted by atomic mass is 9.60. The van der Waals surface area contributed by atoms with Crippen molar-refractivity contribution >= 4 is 5.78 Å². The van der Waals surface area contributed by atoms with Gasteiger partial charge in [-0.05, 0) is 23.7 Å². The first-order valence-corrected chi connectivity index (χ1v) is 6.56. The van der Waals surface area contributed by atoms with Crippen molar-refractivity contribution in [3.8, 4) is 0 Å². The third-order valence-electron chi connectivity index (χ3n) is 4.43. The van der Waals surface area contributed by atoms with Crippen molar-refractivity contribution in [1.29, 1.82) is 0 Å². The highest BCUT2D eigenvalue weighted by molar-refractivity contribution is 5.78. The maximum absolute atomic E-state index is 11.7. The van der Waals surface area contributed by atoms with E-state index in [1.807, 2.05) is 13.8 Å². The molecule has 3 heteroatoms. The molecule has 0 aliphatic heterocycles. The second kappa shape index (κ2) is 5.49. The van der Waals surface area contributed by atoms with Crippen LogP contribution in [0.5, 0.6) is 0 Å². The number of methoxy groups -OCH3 is 1. The van der Waals surface area contributed by atoms with Gasteiger partial charge in [0.1, 0.15) is 5.78 Å². The first-order valence-electron chi connectivity index (χ1n) is 6.56. The molecule has 0 spiro atoms. The molecule has 1 aliphatic rings. The molecule has 0 radical (unpaired) electrons. The van der Waals surface area contributed by atoms with Gasteiger partial charge >= 0.3 is 0 Å². The zero-order chi connectivity index (χ0) is 13.2. The predicted molar refractivity (Wildman–Crippen MR) is 67.8 cm³/mol. The Bertz CT molecular complexity index is 273. The Labute approximate surface area is 105 Å². The normalized spacial score (nSPS) is 36.8. The predicted octanol–water partition coefficient (Wildman–Crippen LogP) is 2.41. The van der Waals surface area contributed by atoms with Crippen LogP contribution in [0.25, 0.3) is 0 Å². The molecule has 1 fully saturated rings. The van der Waals surface area contributed by atoms with E-state index in [9.17, 15) is 9.90 Å². The van der Waals surface area contributed by atoms with Gasteiger partial charge in [0.25, 0.3) is 0 Å². The number of ketones is 1. The van der Waals surface area contributed by atoms with Crippen LogP contribution in [-0.2, 0) is 9.53 Å². The maximum Gasteiger partial charge on any atom is 0.132 e. The molecule has 1 rings (SSSR count). The highest BCUT2D eigenvalue weighted by atomic mass is 16.5. The Hall–Kier alpha value is -0.410. The van der Waals surface area contributed by atoms with Crippen molar-refractivity contribution in [3.63, 3.8) is 0 Å². The lowest BCUT2D eigenvalue weighted by molar-refractivity contribution is -0.137. The van der Waals surface area contributed by atoms with Gasteiger partial charge in [-0.3, -0.25) is 4.79 Å². The number of aliphatic hydroxyl groups excluding tert-OH is 1. The molecule has 4 unspecified atom stereocenters. The fourth-order valence-corrected chi connectivity index (χ4v) is 3.15. The van der Waals surface area contributed by atoms with E-state index in [1.54, 1.807) is 7.11 Å². The van der Waals surface area contributed by atoms with E-state index in [0.717, 1.165) is 6.42 Å². The summed E-state index contributed by atoms with van der Waals surface area (Å²) in [5.41, 5.74) is 0.0458. The van der Waals surface area contributed by atoms with Gasteiger partial charge < -0.3 is 9.84 Å². The van der Waals surface area contributed by atoms with Crippen LogP contribution >= 0.6 is 0 Å². The van der Waals surface area contributed by atoms with Gasteiger partial charge in [0.05, 0.1) is 12.2 Å². The average molecular weight is 242 g/mol. The number of carbonyl (C=O) groups excluding carboxylic acids is 1. The van der Waals surface area contributed by atoms with Crippen LogP contribution < -0.4 is 0 Å². The second-order valence-corrected chi connectivity index (χ2v) is 6.02. The van der Waals surface area contributed by atoms with Crippen LogP contribution in [0.15, 0.2) is 0 Å². The largest absolute Gasteiger partial charge is 0.390 e. The van der Waals surface area contributed by atoms with E-state index < -0.39 is 6.10 Å². The van der Waals surface area contributed by atoms with Crippen molar-refractivity contribution in [3.05, 3.63) is 0 Å². The quantitative estimate of drug-likeness (QED) is 0.823. The molecule has 0 amide bonds. The van der Waals surface area contributed by atoms with Crippen LogP contribution in [0, 0.1) is 17.3 Å². The second-order valence-electron chi connectivity index (χ2n) is 6.02. The highest BCUT2D eigenvalue weighted by Crippen LogP contribution is 2.46. The summed E-state index contributed by atoms with van der Waals surface area (Å²) in [5, 5.41) is 10.2. The molecule has 1 saturated carbocycles. The third kappa shape index (κ3) is 3.08. The van der Waals surface area contributed by atoms with Crippen molar-refractivity contribution in [2.45, 2.75) is 59.2 Å². The minimum atomic E-state index is -0.456. The van der Waals surface area contributed by atoms with E-state index in [2.05, 4.69) is 13.8 Å².